The van der Waals surface area contributed by atoms with Crippen molar-refractivity contribution in [2.24, 2.45) is 0 Å². The third-order valence-corrected chi connectivity index (χ3v) is 3.45. The molecule has 0 aliphatic carbocycles. The molecule has 3 nitrogen and oxygen atoms in total. The van der Waals surface area contributed by atoms with E-state index >= 15 is 0 Å². The molecule has 1 N–H and O–H groups in total. The van der Waals surface area contributed by atoms with Crippen molar-refractivity contribution in [3.8, 4) is 0 Å². The van der Waals surface area contributed by atoms with Crippen LogP contribution in [0, 0.1) is 0 Å². The summed E-state index contributed by atoms with van der Waals surface area (Å²) in [6.07, 6.45) is 1.86. The van der Waals surface area contributed by atoms with Crippen LogP contribution in [-0.2, 0) is 19.4 Å². The maximum absolute atomic E-state index is 11.9. The molecule has 0 atom stereocenters. The van der Waals surface area contributed by atoms with E-state index in [2.05, 4.69) is 24.4 Å². The van der Waals surface area contributed by atoms with E-state index < -0.39 is 0 Å². The van der Waals surface area contributed by atoms with Crippen molar-refractivity contribution >= 4 is 11.0 Å². The fraction of sp³-hybridized carbons (Fsp3) is 0.357. The Kier molecular flexibility index (Phi) is 2.48. The van der Waals surface area contributed by atoms with Gasteiger partial charge in [0.25, 0.3) is 0 Å². The van der Waals surface area contributed by atoms with Crippen LogP contribution in [0.4, 0.5) is 0 Å². The van der Waals surface area contributed by atoms with Gasteiger partial charge in [0.2, 0.25) is 0 Å². The van der Waals surface area contributed by atoms with Crippen molar-refractivity contribution in [2.45, 2.75) is 26.3 Å². The molecule has 0 saturated carbocycles. The summed E-state index contributed by atoms with van der Waals surface area (Å²) in [5.74, 6) is 0. The molecule has 0 fully saturated rings. The standard InChI is InChI=1S/C14H15NO2/c1-2-9-3-4-11-10-5-6-15-8-12(10)14(16)17-13(11)7-9/h3-4,7,15H,2,5-6,8H2,1H3. The van der Waals surface area contributed by atoms with Crippen LogP contribution < -0.4 is 10.9 Å². The molecule has 1 aliphatic heterocycles. The van der Waals surface area contributed by atoms with Crippen molar-refractivity contribution in [1.29, 1.82) is 0 Å². The molecule has 2 aromatic rings. The van der Waals surface area contributed by atoms with E-state index in [4.69, 9.17) is 4.42 Å². The van der Waals surface area contributed by atoms with Crippen LogP contribution in [0.25, 0.3) is 11.0 Å². The smallest absolute Gasteiger partial charge is 0.341 e. The van der Waals surface area contributed by atoms with Crippen LogP contribution in [0.5, 0.6) is 0 Å². The molecule has 1 aromatic heterocycles. The van der Waals surface area contributed by atoms with Gasteiger partial charge in [0.15, 0.2) is 0 Å². The number of benzene rings is 1. The lowest BCUT2D eigenvalue weighted by atomic mass is 9.97. The molecule has 0 saturated heterocycles. The van der Waals surface area contributed by atoms with Crippen molar-refractivity contribution in [3.05, 3.63) is 45.3 Å². The van der Waals surface area contributed by atoms with Gasteiger partial charge >= 0.3 is 5.63 Å². The Balaban J connectivity index is 2.34. The number of fused-ring (bicyclic) bond motifs is 3. The highest BCUT2D eigenvalue weighted by molar-refractivity contribution is 5.82. The Labute approximate surface area is 99.4 Å². The van der Waals surface area contributed by atoms with Gasteiger partial charge < -0.3 is 9.73 Å². The Morgan fingerprint density at radius 1 is 1.35 bits per heavy atom. The van der Waals surface area contributed by atoms with E-state index in [1.165, 1.54) is 5.56 Å². The zero-order valence-corrected chi connectivity index (χ0v) is 9.88. The first-order chi connectivity index (χ1) is 8.29. The second-order valence-electron chi connectivity index (χ2n) is 4.46. The van der Waals surface area contributed by atoms with E-state index in [-0.39, 0.29) is 5.63 Å². The summed E-state index contributed by atoms with van der Waals surface area (Å²) >= 11 is 0. The van der Waals surface area contributed by atoms with Gasteiger partial charge in [-0.1, -0.05) is 19.1 Å². The summed E-state index contributed by atoms with van der Waals surface area (Å²) in [6.45, 7) is 3.66. The first-order valence-electron chi connectivity index (χ1n) is 6.08. The summed E-state index contributed by atoms with van der Waals surface area (Å²) < 4.78 is 5.41. The third-order valence-electron chi connectivity index (χ3n) is 3.45. The highest BCUT2D eigenvalue weighted by Crippen LogP contribution is 2.23. The van der Waals surface area contributed by atoms with E-state index in [9.17, 15) is 4.79 Å². The highest BCUT2D eigenvalue weighted by atomic mass is 16.4. The molecule has 0 bridgehead atoms. The highest BCUT2D eigenvalue weighted by Gasteiger charge is 2.17. The summed E-state index contributed by atoms with van der Waals surface area (Å²) in [4.78, 5) is 11.9. The predicted octanol–water partition coefficient (Wildman–Crippen LogP) is 2.00. The molecule has 0 amide bonds. The molecule has 3 heteroatoms. The molecule has 2 heterocycles. The summed E-state index contributed by atoms with van der Waals surface area (Å²) in [5.41, 5.74) is 3.71. The average molecular weight is 229 g/mol. The fourth-order valence-electron chi connectivity index (χ4n) is 2.46. The van der Waals surface area contributed by atoms with E-state index in [1.807, 2.05) is 6.07 Å². The van der Waals surface area contributed by atoms with Crippen molar-refractivity contribution in [1.82, 2.24) is 5.32 Å². The summed E-state index contributed by atoms with van der Waals surface area (Å²) in [7, 11) is 0. The first-order valence-corrected chi connectivity index (χ1v) is 6.08. The number of rotatable bonds is 1. The van der Waals surface area contributed by atoms with E-state index in [0.29, 0.717) is 6.54 Å². The Morgan fingerprint density at radius 3 is 3.06 bits per heavy atom. The topological polar surface area (TPSA) is 42.2 Å². The Morgan fingerprint density at radius 2 is 2.24 bits per heavy atom. The van der Waals surface area contributed by atoms with Crippen LogP contribution in [0.1, 0.15) is 23.6 Å². The lowest BCUT2D eigenvalue weighted by Crippen LogP contribution is -2.29. The Bertz CT molecular complexity index is 628. The van der Waals surface area contributed by atoms with Gasteiger partial charge in [0.05, 0.1) is 5.56 Å². The van der Waals surface area contributed by atoms with Crippen LogP contribution >= 0.6 is 0 Å². The zero-order valence-electron chi connectivity index (χ0n) is 9.88. The second-order valence-corrected chi connectivity index (χ2v) is 4.46. The average Bonchev–Trinajstić information content (AvgIpc) is 2.38. The number of nitrogens with one attached hydrogen (secondary N) is 1. The monoisotopic (exact) mass is 229 g/mol. The molecule has 0 spiro atoms. The SMILES string of the molecule is CCc1ccc2c3c(c(=O)oc2c1)CNCC3. The van der Waals surface area contributed by atoms with Crippen molar-refractivity contribution in [3.63, 3.8) is 0 Å². The van der Waals surface area contributed by atoms with E-state index in [0.717, 1.165) is 41.5 Å². The maximum atomic E-state index is 11.9. The van der Waals surface area contributed by atoms with Crippen LogP contribution in [0.2, 0.25) is 0 Å². The van der Waals surface area contributed by atoms with Gasteiger partial charge in [-0.05, 0) is 36.6 Å². The lowest BCUT2D eigenvalue weighted by molar-refractivity contribution is 0.526. The van der Waals surface area contributed by atoms with Gasteiger partial charge in [0, 0.05) is 11.9 Å². The summed E-state index contributed by atoms with van der Waals surface area (Å²) in [5, 5.41) is 4.30. The minimum atomic E-state index is -0.187. The minimum Gasteiger partial charge on any atom is -0.422 e. The molecule has 3 rings (SSSR count). The van der Waals surface area contributed by atoms with Crippen LogP contribution in [0.15, 0.2) is 27.4 Å². The van der Waals surface area contributed by atoms with Crippen LogP contribution in [0.3, 0.4) is 0 Å². The van der Waals surface area contributed by atoms with Gasteiger partial charge in [-0.25, -0.2) is 4.79 Å². The number of hydrogen-bond donors (Lipinski definition) is 1. The zero-order chi connectivity index (χ0) is 11.8. The van der Waals surface area contributed by atoms with E-state index in [1.54, 1.807) is 0 Å². The second kappa shape index (κ2) is 4.00. The molecule has 88 valence electrons. The largest absolute Gasteiger partial charge is 0.422 e. The molecule has 0 radical (unpaired) electrons. The quantitative estimate of drug-likeness (QED) is 0.760. The third kappa shape index (κ3) is 1.67. The van der Waals surface area contributed by atoms with Crippen molar-refractivity contribution in [2.75, 3.05) is 6.54 Å². The van der Waals surface area contributed by atoms with Gasteiger partial charge in [-0.15, -0.1) is 0 Å². The number of hydrogen-bond acceptors (Lipinski definition) is 3. The molecule has 17 heavy (non-hydrogen) atoms. The summed E-state index contributed by atoms with van der Waals surface area (Å²) in [6, 6.07) is 6.19. The van der Waals surface area contributed by atoms with Gasteiger partial charge in [0.1, 0.15) is 5.58 Å². The molecule has 1 aliphatic rings. The normalized spacial score (nSPS) is 14.9. The Hall–Kier alpha value is -1.61. The molecular weight excluding hydrogens is 214 g/mol. The number of aryl methyl sites for hydroxylation is 1. The fourth-order valence-corrected chi connectivity index (χ4v) is 2.46. The van der Waals surface area contributed by atoms with Gasteiger partial charge in [-0.2, -0.15) is 0 Å². The lowest BCUT2D eigenvalue weighted by Gasteiger charge is -2.17. The molecule has 0 unspecified atom stereocenters. The maximum Gasteiger partial charge on any atom is 0.341 e. The van der Waals surface area contributed by atoms with Crippen molar-refractivity contribution < 1.29 is 4.42 Å². The predicted molar refractivity (Wildman–Crippen MR) is 67.3 cm³/mol. The first kappa shape index (κ1) is 10.5. The van der Waals surface area contributed by atoms with Crippen LogP contribution in [-0.4, -0.2) is 6.54 Å². The molecule has 1 aromatic carbocycles. The minimum absolute atomic E-state index is 0.187. The van der Waals surface area contributed by atoms with Gasteiger partial charge in [-0.3, -0.25) is 0 Å². The molecular formula is C14H15NO2.